The summed E-state index contributed by atoms with van der Waals surface area (Å²) in [6.45, 7) is 17.4. The van der Waals surface area contributed by atoms with Gasteiger partial charge in [0.15, 0.2) is 8.32 Å². The van der Waals surface area contributed by atoms with Gasteiger partial charge in [0.1, 0.15) is 0 Å². The van der Waals surface area contributed by atoms with Gasteiger partial charge in [0.25, 0.3) is 0 Å². The van der Waals surface area contributed by atoms with E-state index in [0.717, 1.165) is 6.61 Å². The first kappa shape index (κ1) is 14.4. The average molecular weight is 233 g/mol. The van der Waals surface area contributed by atoms with Crippen molar-refractivity contribution in [2.45, 2.75) is 58.7 Å². The molecular formula is C11H28OSi2. The Kier molecular flexibility index (Phi) is 5.62. The Morgan fingerprint density at radius 1 is 0.929 bits per heavy atom. The van der Waals surface area contributed by atoms with Gasteiger partial charge >= 0.3 is 0 Å². The van der Waals surface area contributed by atoms with Crippen LogP contribution in [0.1, 0.15) is 13.8 Å². The summed E-state index contributed by atoms with van der Waals surface area (Å²) in [6, 6.07) is 2.76. The molecule has 0 spiro atoms. The van der Waals surface area contributed by atoms with Crippen molar-refractivity contribution >= 4 is 16.4 Å². The second kappa shape index (κ2) is 5.47. The highest BCUT2D eigenvalue weighted by atomic mass is 28.4. The molecule has 86 valence electrons. The fourth-order valence-electron chi connectivity index (χ4n) is 1.14. The van der Waals surface area contributed by atoms with Gasteiger partial charge in [-0.15, -0.1) is 0 Å². The van der Waals surface area contributed by atoms with Crippen LogP contribution < -0.4 is 0 Å². The molecule has 0 amide bonds. The second-order valence-corrected chi connectivity index (χ2v) is 16.5. The zero-order valence-electron chi connectivity index (χ0n) is 11.1. The zero-order valence-corrected chi connectivity index (χ0v) is 13.1. The van der Waals surface area contributed by atoms with Gasteiger partial charge in [0.05, 0.1) is 0 Å². The van der Waals surface area contributed by atoms with Gasteiger partial charge in [-0.25, -0.2) is 0 Å². The molecule has 0 aromatic carbocycles. The molecule has 0 saturated carbocycles. The third kappa shape index (κ3) is 8.97. The summed E-state index contributed by atoms with van der Waals surface area (Å²) in [5, 5.41) is 0. The molecule has 0 heterocycles. The Morgan fingerprint density at radius 2 is 1.43 bits per heavy atom. The minimum absolute atomic E-state index is 0.675. The highest BCUT2D eigenvalue weighted by molar-refractivity contribution is 6.79. The van der Waals surface area contributed by atoms with Crippen LogP contribution in [-0.2, 0) is 4.43 Å². The normalized spacial score (nSPS) is 13.7. The minimum atomic E-state index is -1.34. The van der Waals surface area contributed by atoms with E-state index >= 15 is 0 Å². The van der Waals surface area contributed by atoms with Crippen molar-refractivity contribution in [1.82, 2.24) is 0 Å². The standard InChI is InChI=1S/C11H28OSi2/c1-11(2)10-12-14(6,7)9-8-13(3,4)5/h11H,8-10H2,1-7H3. The third-order valence-corrected chi connectivity index (χ3v) is 6.94. The van der Waals surface area contributed by atoms with Crippen LogP contribution in [0.2, 0.25) is 44.8 Å². The van der Waals surface area contributed by atoms with Crippen molar-refractivity contribution in [2.75, 3.05) is 6.61 Å². The van der Waals surface area contributed by atoms with Crippen molar-refractivity contribution in [3.8, 4) is 0 Å². The van der Waals surface area contributed by atoms with Crippen molar-refractivity contribution in [3.63, 3.8) is 0 Å². The molecule has 1 nitrogen and oxygen atoms in total. The molecule has 0 saturated heterocycles. The van der Waals surface area contributed by atoms with Gasteiger partial charge in [-0.05, 0) is 25.1 Å². The molecule has 0 N–H and O–H groups in total. The van der Waals surface area contributed by atoms with Gasteiger partial charge < -0.3 is 4.43 Å². The lowest BCUT2D eigenvalue weighted by Crippen LogP contribution is -2.34. The van der Waals surface area contributed by atoms with Crippen LogP contribution in [0, 0.1) is 5.92 Å². The van der Waals surface area contributed by atoms with Crippen molar-refractivity contribution in [1.29, 1.82) is 0 Å². The Bertz CT molecular complexity index is 159. The summed E-state index contributed by atoms with van der Waals surface area (Å²) >= 11 is 0. The average Bonchev–Trinajstić information content (AvgIpc) is 1.97. The maximum atomic E-state index is 6.05. The predicted octanol–water partition coefficient (Wildman–Crippen LogP) is 4.20. The van der Waals surface area contributed by atoms with Crippen molar-refractivity contribution in [3.05, 3.63) is 0 Å². The van der Waals surface area contributed by atoms with Crippen LogP contribution in [0.3, 0.4) is 0 Å². The Balaban J connectivity index is 3.83. The van der Waals surface area contributed by atoms with Crippen LogP contribution in [0.15, 0.2) is 0 Å². The van der Waals surface area contributed by atoms with E-state index < -0.39 is 16.4 Å². The van der Waals surface area contributed by atoms with Gasteiger partial charge in [-0.2, -0.15) is 0 Å². The summed E-state index contributed by atoms with van der Waals surface area (Å²) in [5.41, 5.74) is 0. The molecule has 0 atom stereocenters. The maximum Gasteiger partial charge on any atom is 0.186 e. The summed E-state index contributed by atoms with van der Waals surface area (Å²) in [4.78, 5) is 0. The fraction of sp³-hybridized carbons (Fsp3) is 1.00. The molecule has 0 aliphatic heterocycles. The van der Waals surface area contributed by atoms with Gasteiger partial charge in [0.2, 0.25) is 0 Å². The molecule has 3 heteroatoms. The van der Waals surface area contributed by atoms with E-state index in [9.17, 15) is 0 Å². The quantitative estimate of drug-likeness (QED) is 0.624. The molecule has 0 unspecified atom stereocenters. The zero-order chi connectivity index (χ0) is 11.4. The van der Waals surface area contributed by atoms with E-state index in [1.807, 2.05) is 0 Å². The molecule has 0 fully saturated rings. The monoisotopic (exact) mass is 232 g/mol. The predicted molar refractivity (Wildman–Crippen MR) is 71.2 cm³/mol. The lowest BCUT2D eigenvalue weighted by molar-refractivity contribution is 0.261. The Hall–Kier alpha value is 0.394. The highest BCUT2D eigenvalue weighted by Gasteiger charge is 2.25. The lowest BCUT2D eigenvalue weighted by Gasteiger charge is -2.27. The van der Waals surface area contributed by atoms with Crippen LogP contribution in [-0.4, -0.2) is 23.0 Å². The highest BCUT2D eigenvalue weighted by Crippen LogP contribution is 2.21. The van der Waals surface area contributed by atoms with E-state index in [4.69, 9.17) is 4.43 Å². The van der Waals surface area contributed by atoms with Gasteiger partial charge in [-0.3, -0.25) is 0 Å². The van der Waals surface area contributed by atoms with E-state index in [-0.39, 0.29) is 0 Å². The first-order valence-electron chi connectivity index (χ1n) is 5.76. The number of rotatable bonds is 6. The molecule has 0 aromatic heterocycles. The van der Waals surface area contributed by atoms with Crippen LogP contribution in [0.4, 0.5) is 0 Å². The molecular weight excluding hydrogens is 204 g/mol. The smallest absolute Gasteiger partial charge is 0.186 e. The third-order valence-electron chi connectivity index (χ3n) is 2.28. The molecule has 0 rings (SSSR count). The summed E-state index contributed by atoms with van der Waals surface area (Å²) in [5.74, 6) is 0.675. The first-order valence-corrected chi connectivity index (χ1v) is 12.6. The van der Waals surface area contributed by atoms with Gasteiger partial charge in [-0.1, -0.05) is 39.5 Å². The van der Waals surface area contributed by atoms with Crippen LogP contribution >= 0.6 is 0 Å². The minimum Gasteiger partial charge on any atom is -0.417 e. The summed E-state index contributed by atoms with van der Waals surface area (Å²) in [7, 11) is -2.21. The Labute approximate surface area is 92.4 Å². The second-order valence-electron chi connectivity index (χ2n) is 6.53. The molecule has 0 radical (unpaired) electrons. The van der Waals surface area contributed by atoms with Gasteiger partial charge in [0, 0.05) is 14.7 Å². The topological polar surface area (TPSA) is 9.23 Å². The van der Waals surface area contributed by atoms with Crippen molar-refractivity contribution in [2.24, 2.45) is 5.92 Å². The lowest BCUT2D eigenvalue weighted by atomic mass is 10.2. The largest absolute Gasteiger partial charge is 0.417 e. The molecule has 0 aliphatic carbocycles. The first-order chi connectivity index (χ1) is 6.12. The number of hydrogen-bond donors (Lipinski definition) is 0. The van der Waals surface area contributed by atoms with E-state index in [2.05, 4.69) is 46.6 Å². The molecule has 0 bridgehead atoms. The van der Waals surface area contributed by atoms with E-state index in [0.29, 0.717) is 5.92 Å². The summed E-state index contributed by atoms with van der Waals surface area (Å²) < 4.78 is 6.05. The SMILES string of the molecule is CC(C)CO[Si](C)(C)CC[Si](C)(C)C. The van der Waals surface area contributed by atoms with Crippen LogP contribution in [0.25, 0.3) is 0 Å². The summed E-state index contributed by atoms with van der Waals surface area (Å²) in [6.07, 6.45) is 0. The van der Waals surface area contributed by atoms with E-state index in [1.165, 1.54) is 12.1 Å². The van der Waals surface area contributed by atoms with Crippen LogP contribution in [0.5, 0.6) is 0 Å². The van der Waals surface area contributed by atoms with Crippen molar-refractivity contribution < 1.29 is 4.43 Å². The number of hydrogen-bond acceptors (Lipinski definition) is 1. The fourth-order valence-corrected chi connectivity index (χ4v) is 7.48. The molecule has 14 heavy (non-hydrogen) atoms. The van der Waals surface area contributed by atoms with E-state index in [1.54, 1.807) is 0 Å². The maximum absolute atomic E-state index is 6.05. The molecule has 0 aliphatic rings. The Morgan fingerprint density at radius 3 is 1.79 bits per heavy atom. The molecule has 0 aromatic rings.